The zero-order valence-electron chi connectivity index (χ0n) is 39.8. The van der Waals surface area contributed by atoms with Gasteiger partial charge < -0.3 is 43.4 Å². The largest absolute Gasteiger partial charge is 0.504 e. The summed E-state index contributed by atoms with van der Waals surface area (Å²) in [5.41, 5.74) is 5.59. The number of aryl methyl sites for hydroxylation is 1. The fourth-order valence-corrected chi connectivity index (χ4v) is 13.3. The number of piperazine rings is 1. The summed E-state index contributed by atoms with van der Waals surface area (Å²) in [6.07, 6.45) is 5.92. The quantitative estimate of drug-likeness (QED) is 0.0822. The molecule has 0 saturated carbocycles. The number of aliphatic hydroxyl groups excluding tert-OH is 1. The number of nitrogens with zero attached hydrogens (tertiary/aromatic N) is 2. The Morgan fingerprint density at radius 3 is 2.18 bits per heavy atom. The van der Waals surface area contributed by atoms with E-state index in [9.17, 15) is 19.8 Å². The zero-order chi connectivity index (χ0) is 49.3. The van der Waals surface area contributed by atoms with Crippen molar-refractivity contribution in [3.8, 4) is 40.2 Å². The minimum absolute atomic E-state index is 0.0467. The van der Waals surface area contributed by atoms with Gasteiger partial charge in [0, 0.05) is 52.7 Å². The first kappa shape index (κ1) is 46.6. The summed E-state index contributed by atoms with van der Waals surface area (Å²) in [4.78, 5) is 47.5. The fraction of sp³-hybridized carbons (Fsp3) is 0.327. The SMILES string of the molecule is COc1cc2c(cc1O)CCN[C@]21CS[C@@H]2c3c(OC(=O)/C=C/c4ccccc4)c(C)c4c(c3[C@@H](COC1=O)N1C2[C@H]2c3c(cc(C)c(OC)c3OC(=O)/C=C/c3ccccc3)C[C@H]([C@@H]1O)N2C)OCO4. The number of thioether (sulfide) groups is 1. The third-order valence-corrected chi connectivity index (χ3v) is 16.3. The van der Waals surface area contributed by atoms with Crippen LogP contribution in [-0.2, 0) is 37.5 Å². The Morgan fingerprint density at radius 1 is 0.831 bits per heavy atom. The molecule has 2 fully saturated rings. The molecular formula is C55H53N3O12S. The topological polar surface area (TPSA) is 175 Å². The third kappa shape index (κ3) is 7.71. The summed E-state index contributed by atoms with van der Waals surface area (Å²) in [5.74, 6) is 0.140. The molecule has 5 aromatic rings. The van der Waals surface area contributed by atoms with Gasteiger partial charge in [0.15, 0.2) is 40.0 Å². The van der Waals surface area contributed by atoms with Gasteiger partial charge in [0.1, 0.15) is 18.6 Å². The van der Waals surface area contributed by atoms with Crippen LogP contribution in [0.3, 0.4) is 0 Å². The summed E-state index contributed by atoms with van der Waals surface area (Å²) < 4.78 is 43.7. The number of phenols is 1. The van der Waals surface area contributed by atoms with Crippen LogP contribution < -0.4 is 33.7 Å². The first-order chi connectivity index (χ1) is 34.4. The van der Waals surface area contributed by atoms with Crippen molar-refractivity contribution in [3.05, 3.63) is 147 Å². The van der Waals surface area contributed by atoms with E-state index >= 15 is 4.79 Å². The van der Waals surface area contributed by atoms with Gasteiger partial charge in [0.05, 0.1) is 37.6 Å². The number of nitrogens with one attached hydrogen (secondary N) is 1. The fourth-order valence-electron chi connectivity index (χ4n) is 11.7. The van der Waals surface area contributed by atoms with Gasteiger partial charge >= 0.3 is 17.9 Å². The number of ether oxygens (including phenoxy) is 7. The van der Waals surface area contributed by atoms with Gasteiger partial charge in [-0.3, -0.25) is 15.1 Å². The Labute approximate surface area is 414 Å². The molecule has 7 heterocycles. The van der Waals surface area contributed by atoms with Crippen LogP contribution in [-0.4, -0.2) is 103 Å². The number of likely N-dealkylation sites (N-methyl/N-ethyl adjacent to an activating group) is 1. The number of methoxy groups -OCH3 is 2. The van der Waals surface area contributed by atoms with E-state index in [1.165, 1.54) is 31.0 Å². The van der Waals surface area contributed by atoms with Crippen molar-refractivity contribution in [3.63, 3.8) is 0 Å². The van der Waals surface area contributed by atoms with Crippen molar-refractivity contribution < 1.29 is 57.8 Å². The standard InChI is InChI=1S/C55H53N3O12S/c1-29-22-34-23-36-53(62)58-37-26-66-54(63)55(35-25-39(64-4)38(59)24-33(35)20-21-56-55)27-71-52(44-43(37)50-49(67-28-68-50)30(2)48(44)69-40(60)18-16-31-12-8-6-9-13-31)46(58)45(57(36)3)42(34)51(47(29)65-5)70-41(61)19-17-32-14-10-7-11-15-32/h6-19,22,24-25,36-37,45-46,52-53,56,59,62H,20-21,23,26-28H2,1-5H3/b18-16+,19-17+/t36-,37-,45-,46?,52-,53+,55-/m1/s1. The van der Waals surface area contributed by atoms with Crippen LogP contribution in [0.25, 0.3) is 12.2 Å². The van der Waals surface area contributed by atoms with E-state index < -0.39 is 59.1 Å². The molecule has 7 aliphatic heterocycles. The van der Waals surface area contributed by atoms with Crippen molar-refractivity contribution in [1.82, 2.24) is 15.1 Å². The molecule has 3 N–H and O–H groups in total. The summed E-state index contributed by atoms with van der Waals surface area (Å²) in [7, 11) is 4.97. The maximum atomic E-state index is 15.1. The smallest absolute Gasteiger partial charge is 0.336 e. The average Bonchev–Trinajstić information content (AvgIpc) is 3.87. The first-order valence-corrected chi connectivity index (χ1v) is 24.6. The molecule has 0 amide bonds. The number of fused-ring (bicyclic) bond motifs is 9. The van der Waals surface area contributed by atoms with Crippen molar-refractivity contribution in [2.24, 2.45) is 0 Å². The highest BCUT2D eigenvalue weighted by atomic mass is 32.2. The van der Waals surface area contributed by atoms with Crippen molar-refractivity contribution in [2.75, 3.05) is 47.0 Å². The highest BCUT2D eigenvalue weighted by Gasteiger charge is 2.61. The second-order valence-electron chi connectivity index (χ2n) is 18.6. The average molecular weight is 980 g/mol. The van der Waals surface area contributed by atoms with Gasteiger partial charge in [0.25, 0.3) is 0 Å². The van der Waals surface area contributed by atoms with E-state index in [1.54, 1.807) is 31.4 Å². The van der Waals surface area contributed by atoms with Gasteiger partial charge in [-0.05, 0) is 91.4 Å². The van der Waals surface area contributed by atoms with Gasteiger partial charge in [-0.25, -0.2) is 14.4 Å². The molecular weight excluding hydrogens is 927 g/mol. The lowest BCUT2D eigenvalue weighted by Crippen LogP contribution is -2.70. The predicted molar refractivity (Wildman–Crippen MR) is 264 cm³/mol. The Kier molecular flexibility index (Phi) is 12.1. The molecule has 1 unspecified atom stereocenters. The number of rotatable bonds is 8. The molecule has 1 spiro atoms. The van der Waals surface area contributed by atoms with Crippen molar-refractivity contribution >= 4 is 41.8 Å². The van der Waals surface area contributed by atoms with E-state index in [0.717, 1.165) is 27.8 Å². The highest BCUT2D eigenvalue weighted by Crippen LogP contribution is 2.64. The third-order valence-electron chi connectivity index (χ3n) is 14.8. The van der Waals surface area contributed by atoms with E-state index in [4.69, 9.17) is 33.2 Å². The van der Waals surface area contributed by atoms with Gasteiger partial charge in [-0.2, -0.15) is 0 Å². The Bertz CT molecular complexity index is 3040. The number of aliphatic hydroxyl groups is 1. The minimum Gasteiger partial charge on any atom is -0.504 e. The van der Waals surface area contributed by atoms with E-state index in [1.807, 2.05) is 92.5 Å². The number of carbonyl (C=O) groups is 3. The van der Waals surface area contributed by atoms with E-state index in [0.29, 0.717) is 64.5 Å². The normalized spacial score (nSPS) is 25.2. The van der Waals surface area contributed by atoms with Crippen molar-refractivity contribution in [1.29, 1.82) is 0 Å². The van der Waals surface area contributed by atoms with Gasteiger partial charge in [-0.15, -0.1) is 11.8 Å². The first-order valence-electron chi connectivity index (χ1n) is 23.6. The molecule has 7 atom stereocenters. The van der Waals surface area contributed by atoms with E-state index in [2.05, 4.69) is 10.2 Å². The lowest BCUT2D eigenvalue weighted by atomic mass is 9.73. The summed E-state index contributed by atoms with van der Waals surface area (Å²) in [6.45, 7) is 3.75. The second kappa shape index (κ2) is 18.4. The Balaban J connectivity index is 1.13. The summed E-state index contributed by atoms with van der Waals surface area (Å²) in [5, 5.41) is 26.8. The number of esters is 3. The number of phenolic OH excluding ortho intramolecular Hbond substituents is 1. The van der Waals surface area contributed by atoms with Gasteiger partial charge in [0.2, 0.25) is 6.79 Å². The molecule has 0 radical (unpaired) electrons. The molecule has 12 rings (SSSR count). The molecule has 366 valence electrons. The molecule has 71 heavy (non-hydrogen) atoms. The molecule has 0 aromatic heterocycles. The zero-order valence-corrected chi connectivity index (χ0v) is 40.6. The summed E-state index contributed by atoms with van der Waals surface area (Å²) >= 11 is 1.44. The van der Waals surface area contributed by atoms with Crippen LogP contribution in [0.4, 0.5) is 0 Å². The van der Waals surface area contributed by atoms with Crippen LogP contribution in [0.15, 0.2) is 91.0 Å². The number of hydrogen-bond acceptors (Lipinski definition) is 16. The van der Waals surface area contributed by atoms with E-state index in [-0.39, 0.29) is 42.2 Å². The lowest BCUT2D eigenvalue weighted by molar-refractivity contribution is -0.186. The highest BCUT2D eigenvalue weighted by molar-refractivity contribution is 7.99. The van der Waals surface area contributed by atoms with Crippen LogP contribution in [0.2, 0.25) is 0 Å². The second-order valence-corrected chi connectivity index (χ2v) is 19.8. The van der Waals surface area contributed by atoms with Crippen LogP contribution >= 0.6 is 11.8 Å². The number of carbonyl (C=O) groups excluding carboxylic acids is 3. The van der Waals surface area contributed by atoms with Crippen LogP contribution in [0.5, 0.6) is 40.2 Å². The molecule has 0 aliphatic carbocycles. The van der Waals surface area contributed by atoms with Crippen LogP contribution in [0, 0.1) is 13.8 Å². The predicted octanol–water partition coefficient (Wildman–Crippen LogP) is 7.02. The molecule has 16 heteroatoms. The molecule has 15 nitrogen and oxygen atoms in total. The molecule has 7 aliphatic rings. The van der Waals surface area contributed by atoms with Crippen molar-refractivity contribution in [2.45, 2.75) is 67.9 Å². The summed E-state index contributed by atoms with van der Waals surface area (Å²) in [6, 6.07) is 21.6. The molecule has 4 bridgehead atoms. The lowest BCUT2D eigenvalue weighted by Gasteiger charge is -2.62. The number of aromatic hydroxyl groups is 1. The monoisotopic (exact) mass is 979 g/mol. The number of hydrogen-bond donors (Lipinski definition) is 3. The maximum absolute atomic E-state index is 15.1. The molecule has 5 aromatic carbocycles. The minimum atomic E-state index is -1.44. The number of benzene rings is 5. The maximum Gasteiger partial charge on any atom is 0.336 e. The Morgan fingerprint density at radius 2 is 1.51 bits per heavy atom. The Hall–Kier alpha value is -6.82. The van der Waals surface area contributed by atoms with Crippen LogP contribution in [0.1, 0.15) is 73.0 Å². The van der Waals surface area contributed by atoms with Gasteiger partial charge in [-0.1, -0.05) is 66.7 Å². The molecule has 2 saturated heterocycles.